The molecule has 0 saturated carbocycles. The summed E-state index contributed by atoms with van der Waals surface area (Å²) in [6, 6.07) is 12.5. The first-order valence-electron chi connectivity index (χ1n) is 10.2. The number of rotatable bonds is 7. The Balaban J connectivity index is 1.77. The fourth-order valence-electron chi connectivity index (χ4n) is 3.77. The zero-order valence-corrected chi connectivity index (χ0v) is 18.2. The van der Waals surface area contributed by atoms with Gasteiger partial charge in [-0.15, -0.1) is 11.3 Å². The molecule has 1 unspecified atom stereocenters. The number of ketones is 1. The summed E-state index contributed by atoms with van der Waals surface area (Å²) < 4.78 is 0. The van der Waals surface area contributed by atoms with Crippen LogP contribution in [0.4, 0.5) is 0 Å². The maximum Gasteiger partial charge on any atom is 0.290 e. The number of carbonyl (C=O) groups is 2. The molecule has 0 spiro atoms. The summed E-state index contributed by atoms with van der Waals surface area (Å²) in [7, 11) is 0. The van der Waals surface area contributed by atoms with Gasteiger partial charge >= 0.3 is 0 Å². The SMILES string of the molecule is CCCCN1C(=O)C(O)=C(C(=O)c2sc(-c3ccccc3)nc2C)C1c1ccncc1. The molecule has 158 valence electrons. The van der Waals surface area contributed by atoms with Gasteiger partial charge in [0.1, 0.15) is 5.01 Å². The molecule has 1 aromatic carbocycles. The van der Waals surface area contributed by atoms with Crippen molar-refractivity contribution in [2.45, 2.75) is 32.7 Å². The van der Waals surface area contributed by atoms with Gasteiger partial charge in [0.05, 0.1) is 22.2 Å². The fraction of sp³-hybridized carbons (Fsp3) is 0.250. The average molecular weight is 434 g/mol. The molecule has 1 N–H and O–H groups in total. The maximum absolute atomic E-state index is 13.6. The zero-order chi connectivity index (χ0) is 22.0. The minimum Gasteiger partial charge on any atom is -0.503 e. The smallest absolute Gasteiger partial charge is 0.290 e. The van der Waals surface area contributed by atoms with E-state index in [-0.39, 0.29) is 11.4 Å². The average Bonchev–Trinajstić information content (AvgIpc) is 3.31. The Morgan fingerprint density at radius 2 is 1.87 bits per heavy atom. The molecule has 1 aliphatic heterocycles. The quantitative estimate of drug-likeness (QED) is 0.536. The number of thiazole rings is 1. The summed E-state index contributed by atoms with van der Waals surface area (Å²) in [6.45, 7) is 4.27. The van der Waals surface area contributed by atoms with Gasteiger partial charge in [-0.05, 0) is 31.0 Å². The number of carbonyl (C=O) groups excluding carboxylic acids is 2. The molecular weight excluding hydrogens is 410 g/mol. The molecule has 3 heterocycles. The van der Waals surface area contributed by atoms with E-state index in [2.05, 4.69) is 9.97 Å². The molecule has 31 heavy (non-hydrogen) atoms. The van der Waals surface area contributed by atoms with E-state index in [1.165, 1.54) is 11.3 Å². The van der Waals surface area contributed by atoms with Crippen LogP contribution in [0.15, 0.2) is 66.2 Å². The van der Waals surface area contributed by atoms with E-state index in [0.29, 0.717) is 17.1 Å². The first kappa shape index (κ1) is 20.9. The molecular formula is C24H23N3O3S. The van der Waals surface area contributed by atoms with Gasteiger partial charge in [-0.1, -0.05) is 43.7 Å². The summed E-state index contributed by atoms with van der Waals surface area (Å²) in [5, 5.41) is 11.5. The van der Waals surface area contributed by atoms with Crippen molar-refractivity contribution in [3.8, 4) is 10.6 Å². The lowest BCUT2D eigenvalue weighted by Gasteiger charge is -2.26. The second-order valence-electron chi connectivity index (χ2n) is 7.43. The van der Waals surface area contributed by atoms with Gasteiger partial charge in [0.25, 0.3) is 5.91 Å². The highest BCUT2D eigenvalue weighted by Gasteiger charge is 2.44. The summed E-state index contributed by atoms with van der Waals surface area (Å²) in [6.07, 6.45) is 4.92. The Kier molecular flexibility index (Phi) is 5.95. The van der Waals surface area contributed by atoms with Crippen molar-refractivity contribution in [2.24, 2.45) is 0 Å². The van der Waals surface area contributed by atoms with Crippen molar-refractivity contribution in [2.75, 3.05) is 6.54 Å². The van der Waals surface area contributed by atoms with E-state index in [4.69, 9.17) is 0 Å². The van der Waals surface area contributed by atoms with Gasteiger partial charge in [0, 0.05) is 24.5 Å². The van der Waals surface area contributed by atoms with Gasteiger partial charge in [-0.3, -0.25) is 14.6 Å². The van der Waals surface area contributed by atoms with Crippen molar-refractivity contribution >= 4 is 23.0 Å². The van der Waals surface area contributed by atoms with Crippen LogP contribution in [0.2, 0.25) is 0 Å². The Hall–Kier alpha value is -3.32. The van der Waals surface area contributed by atoms with E-state index in [1.54, 1.807) is 36.4 Å². The fourth-order valence-corrected chi connectivity index (χ4v) is 4.80. The Bertz CT molecular complexity index is 1140. The van der Waals surface area contributed by atoms with Crippen LogP contribution in [0.25, 0.3) is 10.6 Å². The van der Waals surface area contributed by atoms with Gasteiger partial charge < -0.3 is 10.0 Å². The highest BCUT2D eigenvalue weighted by molar-refractivity contribution is 7.17. The largest absolute Gasteiger partial charge is 0.503 e. The minimum atomic E-state index is -0.642. The second kappa shape index (κ2) is 8.81. The van der Waals surface area contributed by atoms with Crippen LogP contribution in [0, 0.1) is 6.92 Å². The predicted octanol–water partition coefficient (Wildman–Crippen LogP) is 4.89. The van der Waals surface area contributed by atoms with E-state index in [9.17, 15) is 14.7 Å². The number of amides is 1. The van der Waals surface area contributed by atoms with Crippen LogP contribution < -0.4 is 0 Å². The molecule has 0 fully saturated rings. The Morgan fingerprint density at radius 1 is 1.16 bits per heavy atom. The number of aliphatic hydroxyl groups is 1. The van der Waals surface area contributed by atoms with Crippen molar-refractivity contribution in [3.05, 3.63) is 82.3 Å². The van der Waals surface area contributed by atoms with Crippen LogP contribution in [0.5, 0.6) is 0 Å². The zero-order valence-electron chi connectivity index (χ0n) is 17.4. The predicted molar refractivity (Wildman–Crippen MR) is 120 cm³/mol. The molecule has 4 rings (SSSR count). The number of aryl methyl sites for hydroxylation is 1. The molecule has 0 bridgehead atoms. The highest BCUT2D eigenvalue weighted by atomic mass is 32.1. The molecule has 6 nitrogen and oxygen atoms in total. The molecule has 1 atom stereocenters. The van der Waals surface area contributed by atoms with E-state index >= 15 is 0 Å². The number of aromatic nitrogens is 2. The van der Waals surface area contributed by atoms with E-state index in [1.807, 2.05) is 37.3 Å². The van der Waals surface area contributed by atoms with Crippen LogP contribution in [-0.4, -0.2) is 38.2 Å². The normalized spacial score (nSPS) is 16.3. The van der Waals surface area contributed by atoms with Crippen molar-refractivity contribution < 1.29 is 14.7 Å². The molecule has 0 radical (unpaired) electrons. The number of benzene rings is 1. The first-order chi connectivity index (χ1) is 15.0. The number of unbranched alkanes of at least 4 members (excludes halogenated alkanes) is 1. The molecule has 1 aliphatic rings. The number of hydrogen-bond donors (Lipinski definition) is 1. The van der Waals surface area contributed by atoms with Crippen LogP contribution in [-0.2, 0) is 4.79 Å². The van der Waals surface area contributed by atoms with Crippen LogP contribution in [0.1, 0.15) is 46.7 Å². The number of Topliss-reactive ketones (excluding diaryl/α,β-unsaturated/α-hetero) is 1. The van der Waals surface area contributed by atoms with Gasteiger partial charge in [-0.2, -0.15) is 0 Å². The number of nitrogens with zero attached hydrogens (tertiary/aromatic N) is 3. The third-order valence-corrected chi connectivity index (χ3v) is 6.55. The summed E-state index contributed by atoms with van der Waals surface area (Å²) >= 11 is 1.28. The van der Waals surface area contributed by atoms with Gasteiger partial charge in [0.15, 0.2) is 5.76 Å². The van der Waals surface area contributed by atoms with Crippen molar-refractivity contribution in [1.82, 2.24) is 14.9 Å². The minimum absolute atomic E-state index is 0.110. The van der Waals surface area contributed by atoms with E-state index < -0.39 is 17.7 Å². The Morgan fingerprint density at radius 3 is 2.55 bits per heavy atom. The lowest BCUT2D eigenvalue weighted by Crippen LogP contribution is -2.32. The summed E-state index contributed by atoms with van der Waals surface area (Å²) in [5.41, 5.74) is 2.36. The van der Waals surface area contributed by atoms with Gasteiger partial charge in [-0.25, -0.2) is 4.98 Å². The molecule has 1 amide bonds. The third kappa shape index (κ3) is 3.88. The molecule has 0 saturated heterocycles. The summed E-state index contributed by atoms with van der Waals surface area (Å²) in [5.74, 6) is -1.34. The molecule has 7 heteroatoms. The lowest BCUT2D eigenvalue weighted by atomic mass is 9.95. The monoisotopic (exact) mass is 433 g/mol. The number of pyridine rings is 1. The maximum atomic E-state index is 13.6. The lowest BCUT2D eigenvalue weighted by molar-refractivity contribution is -0.129. The molecule has 0 aliphatic carbocycles. The second-order valence-corrected chi connectivity index (χ2v) is 8.43. The van der Waals surface area contributed by atoms with Gasteiger partial charge in [0.2, 0.25) is 5.78 Å². The van der Waals surface area contributed by atoms with Crippen molar-refractivity contribution in [3.63, 3.8) is 0 Å². The molecule has 2 aromatic heterocycles. The topological polar surface area (TPSA) is 83.4 Å². The van der Waals surface area contributed by atoms with Crippen LogP contribution in [0.3, 0.4) is 0 Å². The first-order valence-corrected chi connectivity index (χ1v) is 11.1. The van der Waals surface area contributed by atoms with Crippen LogP contribution >= 0.6 is 11.3 Å². The summed E-state index contributed by atoms with van der Waals surface area (Å²) in [4.78, 5) is 37.1. The standard InChI is InChI=1S/C24H23N3O3S/c1-3-4-14-27-19(16-10-12-25-13-11-16)18(21(29)24(27)30)20(28)22-15(2)26-23(31-22)17-8-6-5-7-9-17/h5-13,19,29H,3-4,14H2,1-2H3. The van der Waals surface area contributed by atoms with Crippen molar-refractivity contribution in [1.29, 1.82) is 0 Å². The molecule has 3 aromatic rings. The number of hydrogen-bond acceptors (Lipinski definition) is 6. The Labute approximate surface area is 184 Å². The number of aliphatic hydroxyl groups excluding tert-OH is 1. The highest BCUT2D eigenvalue weighted by Crippen LogP contribution is 2.40. The third-order valence-electron chi connectivity index (χ3n) is 5.35. The van der Waals surface area contributed by atoms with E-state index in [0.717, 1.165) is 29.0 Å².